The van der Waals surface area contributed by atoms with E-state index in [9.17, 15) is 14.4 Å². The summed E-state index contributed by atoms with van der Waals surface area (Å²) in [5, 5.41) is 3.61. The van der Waals surface area contributed by atoms with E-state index in [0.29, 0.717) is 36.3 Å². The highest BCUT2D eigenvalue weighted by Crippen LogP contribution is 2.29. The van der Waals surface area contributed by atoms with Crippen LogP contribution in [-0.2, 0) is 22.4 Å². The van der Waals surface area contributed by atoms with E-state index < -0.39 is 11.6 Å². The van der Waals surface area contributed by atoms with Gasteiger partial charge in [-0.15, -0.1) is 0 Å². The third kappa shape index (κ3) is 4.05. The Morgan fingerprint density at radius 2 is 1.97 bits per heavy atom. The summed E-state index contributed by atoms with van der Waals surface area (Å²) < 4.78 is 16.3. The Kier molecular flexibility index (Phi) is 5.27. The molecule has 1 N–H and O–H groups in total. The van der Waals surface area contributed by atoms with Crippen LogP contribution in [0.15, 0.2) is 45.6 Å². The topological polar surface area (TPSA) is 94.8 Å². The summed E-state index contributed by atoms with van der Waals surface area (Å²) in [5.74, 6) is 0.302. The van der Waals surface area contributed by atoms with E-state index in [2.05, 4.69) is 5.32 Å². The third-order valence-electron chi connectivity index (χ3n) is 5.07. The Labute approximate surface area is 172 Å². The molecule has 7 heteroatoms. The van der Waals surface area contributed by atoms with Crippen LogP contribution in [0.4, 0.5) is 5.69 Å². The standard InChI is InChI=1S/C23H21NO6/c1-3-14-10-17-13(2)8-22(26)30-20(17)11-19(14)29-23(27)12-28-16-5-6-18-15(9-16)4-7-21(25)24-18/h5-6,8-11H,3-4,7,12H2,1-2H3,(H,24,25). The maximum absolute atomic E-state index is 12.4. The van der Waals surface area contributed by atoms with Crippen molar-refractivity contribution in [2.24, 2.45) is 0 Å². The predicted molar refractivity (Wildman–Crippen MR) is 111 cm³/mol. The molecule has 1 aromatic heterocycles. The molecule has 7 nitrogen and oxygen atoms in total. The predicted octanol–water partition coefficient (Wildman–Crippen LogP) is 3.53. The molecule has 0 aliphatic carbocycles. The summed E-state index contributed by atoms with van der Waals surface area (Å²) in [6.07, 6.45) is 1.70. The van der Waals surface area contributed by atoms with Crippen molar-refractivity contribution in [2.75, 3.05) is 11.9 Å². The molecule has 2 heterocycles. The van der Waals surface area contributed by atoms with E-state index in [4.69, 9.17) is 13.9 Å². The maximum atomic E-state index is 12.4. The number of rotatable bonds is 5. The van der Waals surface area contributed by atoms with Gasteiger partial charge in [-0.1, -0.05) is 6.92 Å². The molecule has 30 heavy (non-hydrogen) atoms. The van der Waals surface area contributed by atoms with E-state index >= 15 is 0 Å². The third-order valence-corrected chi connectivity index (χ3v) is 5.07. The van der Waals surface area contributed by atoms with Crippen molar-refractivity contribution in [2.45, 2.75) is 33.1 Å². The average Bonchev–Trinajstić information content (AvgIpc) is 2.71. The molecule has 2 aromatic carbocycles. The van der Waals surface area contributed by atoms with Crippen LogP contribution in [0.3, 0.4) is 0 Å². The normalized spacial score (nSPS) is 12.9. The summed E-state index contributed by atoms with van der Waals surface area (Å²) >= 11 is 0. The van der Waals surface area contributed by atoms with Crippen LogP contribution in [0, 0.1) is 6.92 Å². The maximum Gasteiger partial charge on any atom is 0.349 e. The first-order chi connectivity index (χ1) is 14.4. The lowest BCUT2D eigenvalue weighted by Crippen LogP contribution is -2.20. The number of esters is 1. The van der Waals surface area contributed by atoms with Gasteiger partial charge in [0.15, 0.2) is 6.61 Å². The first-order valence-electron chi connectivity index (χ1n) is 9.76. The van der Waals surface area contributed by atoms with Gasteiger partial charge in [-0.2, -0.15) is 0 Å². The van der Waals surface area contributed by atoms with Gasteiger partial charge in [0, 0.05) is 29.6 Å². The molecule has 1 aliphatic heterocycles. The Bertz CT molecular complexity index is 1210. The molecule has 1 amide bonds. The highest BCUT2D eigenvalue weighted by Gasteiger charge is 2.17. The number of anilines is 1. The van der Waals surface area contributed by atoms with Crippen molar-refractivity contribution >= 4 is 28.5 Å². The number of ether oxygens (including phenoxy) is 2. The molecule has 3 aromatic rings. The molecule has 0 atom stereocenters. The van der Waals surface area contributed by atoms with Crippen LogP contribution < -0.4 is 20.4 Å². The van der Waals surface area contributed by atoms with Crippen LogP contribution in [0.25, 0.3) is 11.0 Å². The van der Waals surface area contributed by atoms with Gasteiger partial charge in [0.1, 0.15) is 17.1 Å². The van der Waals surface area contributed by atoms with Crippen LogP contribution in [0.1, 0.15) is 30.0 Å². The molecular formula is C23H21NO6. The van der Waals surface area contributed by atoms with Gasteiger partial charge in [-0.25, -0.2) is 9.59 Å². The zero-order valence-corrected chi connectivity index (χ0v) is 16.7. The van der Waals surface area contributed by atoms with Crippen molar-refractivity contribution < 1.29 is 23.5 Å². The van der Waals surface area contributed by atoms with Crippen LogP contribution in [0.2, 0.25) is 0 Å². The van der Waals surface area contributed by atoms with Gasteiger partial charge in [0.25, 0.3) is 0 Å². The molecule has 0 spiro atoms. The zero-order chi connectivity index (χ0) is 21.3. The average molecular weight is 407 g/mol. The molecule has 0 bridgehead atoms. The fourth-order valence-corrected chi connectivity index (χ4v) is 3.51. The van der Waals surface area contributed by atoms with Crippen LogP contribution >= 0.6 is 0 Å². The van der Waals surface area contributed by atoms with E-state index in [0.717, 1.165) is 27.8 Å². The molecule has 0 fully saturated rings. The monoisotopic (exact) mass is 407 g/mol. The summed E-state index contributed by atoms with van der Waals surface area (Å²) in [6, 6.07) is 10.1. The zero-order valence-electron chi connectivity index (χ0n) is 16.7. The lowest BCUT2D eigenvalue weighted by atomic mass is 10.0. The highest BCUT2D eigenvalue weighted by atomic mass is 16.6. The minimum Gasteiger partial charge on any atom is -0.482 e. The molecular weight excluding hydrogens is 386 g/mol. The van der Waals surface area contributed by atoms with Crippen molar-refractivity contribution in [3.8, 4) is 11.5 Å². The highest BCUT2D eigenvalue weighted by molar-refractivity contribution is 5.94. The lowest BCUT2D eigenvalue weighted by Gasteiger charge is -2.17. The number of benzene rings is 2. The first kappa shape index (κ1) is 19.7. The Morgan fingerprint density at radius 1 is 1.13 bits per heavy atom. The van der Waals surface area contributed by atoms with Gasteiger partial charge in [-0.3, -0.25) is 4.79 Å². The molecule has 0 radical (unpaired) electrons. The molecule has 4 rings (SSSR count). The molecule has 0 unspecified atom stereocenters. The number of hydrogen-bond acceptors (Lipinski definition) is 6. The first-order valence-corrected chi connectivity index (χ1v) is 9.76. The lowest BCUT2D eigenvalue weighted by molar-refractivity contribution is -0.136. The van der Waals surface area contributed by atoms with Crippen molar-refractivity contribution in [3.63, 3.8) is 0 Å². The van der Waals surface area contributed by atoms with Gasteiger partial charge in [0.05, 0.1) is 0 Å². The van der Waals surface area contributed by atoms with Crippen LogP contribution in [-0.4, -0.2) is 18.5 Å². The summed E-state index contributed by atoms with van der Waals surface area (Å²) in [5.41, 5.74) is 3.29. The van der Waals surface area contributed by atoms with Gasteiger partial charge in [0.2, 0.25) is 5.91 Å². The number of amides is 1. The molecule has 1 aliphatic rings. The fourth-order valence-electron chi connectivity index (χ4n) is 3.51. The Hall–Kier alpha value is -3.61. The second-order valence-corrected chi connectivity index (χ2v) is 7.19. The fraction of sp³-hybridized carbons (Fsp3) is 0.261. The number of hydrogen-bond donors (Lipinski definition) is 1. The Morgan fingerprint density at radius 3 is 2.77 bits per heavy atom. The molecule has 154 valence electrons. The molecule has 0 saturated carbocycles. The van der Waals surface area contributed by atoms with Gasteiger partial charge >= 0.3 is 11.6 Å². The van der Waals surface area contributed by atoms with Crippen molar-refractivity contribution in [1.29, 1.82) is 0 Å². The minimum atomic E-state index is -0.565. The smallest absolute Gasteiger partial charge is 0.349 e. The minimum absolute atomic E-state index is 0.00659. The number of nitrogens with one attached hydrogen (secondary N) is 1. The number of fused-ring (bicyclic) bond motifs is 2. The quantitative estimate of drug-likeness (QED) is 0.395. The summed E-state index contributed by atoms with van der Waals surface area (Å²) in [6.45, 7) is 3.52. The SMILES string of the molecule is CCc1cc2c(C)cc(=O)oc2cc1OC(=O)COc1ccc2c(c1)CCC(=O)N2. The van der Waals surface area contributed by atoms with Crippen molar-refractivity contribution in [1.82, 2.24) is 0 Å². The number of aryl methyl sites for hydroxylation is 3. The van der Waals surface area contributed by atoms with Crippen LogP contribution in [0.5, 0.6) is 11.5 Å². The largest absolute Gasteiger partial charge is 0.482 e. The van der Waals surface area contributed by atoms with E-state index in [-0.39, 0.29) is 12.5 Å². The van der Waals surface area contributed by atoms with Gasteiger partial charge < -0.3 is 19.2 Å². The second kappa shape index (κ2) is 8.02. The second-order valence-electron chi connectivity index (χ2n) is 7.19. The van der Waals surface area contributed by atoms with E-state index in [1.165, 1.54) is 6.07 Å². The summed E-state index contributed by atoms with van der Waals surface area (Å²) in [4.78, 5) is 35.5. The number of carbonyl (C=O) groups excluding carboxylic acids is 2. The van der Waals surface area contributed by atoms with E-state index in [1.807, 2.05) is 26.0 Å². The van der Waals surface area contributed by atoms with Gasteiger partial charge in [-0.05, 0) is 60.7 Å². The van der Waals surface area contributed by atoms with E-state index in [1.54, 1.807) is 18.2 Å². The Balaban J connectivity index is 1.48. The summed E-state index contributed by atoms with van der Waals surface area (Å²) in [7, 11) is 0. The molecule has 0 saturated heterocycles. The van der Waals surface area contributed by atoms with Crippen molar-refractivity contribution in [3.05, 3.63) is 63.5 Å². The number of carbonyl (C=O) groups is 2.